The minimum absolute atomic E-state index is 0.691. The minimum Gasteiger partial charge on any atom is -0.361 e. The summed E-state index contributed by atoms with van der Waals surface area (Å²) in [5.74, 6) is 0.813. The zero-order valence-corrected chi connectivity index (χ0v) is 11.8. The van der Waals surface area contributed by atoms with Crippen LogP contribution in [0.3, 0.4) is 0 Å². The quantitative estimate of drug-likeness (QED) is 0.790. The van der Waals surface area contributed by atoms with Crippen molar-refractivity contribution in [1.29, 1.82) is 0 Å². The molecule has 2 N–H and O–H groups in total. The van der Waals surface area contributed by atoms with E-state index in [-0.39, 0.29) is 0 Å². The summed E-state index contributed by atoms with van der Waals surface area (Å²) in [6.07, 6.45) is 8.96. The van der Waals surface area contributed by atoms with E-state index in [1.54, 1.807) is 0 Å². The Hall–Kier alpha value is -1.28. The van der Waals surface area contributed by atoms with Crippen molar-refractivity contribution in [2.24, 2.45) is 5.92 Å². The average molecular weight is 256 g/mol. The molecule has 1 heterocycles. The van der Waals surface area contributed by atoms with Gasteiger partial charge in [-0.3, -0.25) is 0 Å². The van der Waals surface area contributed by atoms with E-state index < -0.39 is 0 Å². The molecule has 2 nitrogen and oxygen atoms in total. The number of rotatable bonds is 3. The molecule has 3 rings (SSSR count). The van der Waals surface area contributed by atoms with Crippen LogP contribution in [-0.2, 0) is 6.54 Å². The fourth-order valence-corrected chi connectivity index (χ4v) is 3.34. The summed E-state index contributed by atoms with van der Waals surface area (Å²) in [4.78, 5) is 3.29. The van der Waals surface area contributed by atoms with E-state index in [1.165, 1.54) is 48.6 Å². The number of H-pyrrole nitrogens is 1. The van der Waals surface area contributed by atoms with E-state index in [0.29, 0.717) is 6.04 Å². The van der Waals surface area contributed by atoms with Crippen LogP contribution in [0.1, 0.15) is 44.6 Å². The van der Waals surface area contributed by atoms with Crippen molar-refractivity contribution in [3.8, 4) is 0 Å². The molecular formula is C17H24N2. The number of fused-ring (bicyclic) bond motifs is 1. The molecule has 2 unspecified atom stereocenters. The second-order valence-corrected chi connectivity index (χ2v) is 5.96. The molecular weight excluding hydrogens is 232 g/mol. The highest BCUT2D eigenvalue weighted by atomic mass is 14.9. The number of hydrogen-bond donors (Lipinski definition) is 2. The predicted octanol–water partition coefficient (Wildman–Crippen LogP) is 4.23. The highest BCUT2D eigenvalue weighted by molar-refractivity contribution is 5.82. The SMILES string of the molecule is CC1CCCCCC1NCc1cccc2[nH]ccc12. The molecule has 2 aromatic rings. The van der Waals surface area contributed by atoms with E-state index in [9.17, 15) is 0 Å². The second-order valence-electron chi connectivity index (χ2n) is 5.96. The molecule has 1 aliphatic rings. The van der Waals surface area contributed by atoms with E-state index >= 15 is 0 Å². The molecule has 1 aliphatic carbocycles. The van der Waals surface area contributed by atoms with Gasteiger partial charge in [0.1, 0.15) is 0 Å². The molecule has 0 bridgehead atoms. The first-order valence-electron chi connectivity index (χ1n) is 7.63. The molecule has 0 amide bonds. The highest BCUT2D eigenvalue weighted by Crippen LogP contribution is 2.24. The summed E-state index contributed by atoms with van der Waals surface area (Å²) in [7, 11) is 0. The van der Waals surface area contributed by atoms with Crippen molar-refractivity contribution in [3.05, 3.63) is 36.0 Å². The number of hydrogen-bond acceptors (Lipinski definition) is 1. The summed E-state index contributed by atoms with van der Waals surface area (Å²) in [5, 5.41) is 5.15. The smallest absolute Gasteiger partial charge is 0.0457 e. The molecule has 1 aromatic heterocycles. The van der Waals surface area contributed by atoms with Crippen LogP contribution in [-0.4, -0.2) is 11.0 Å². The predicted molar refractivity (Wildman–Crippen MR) is 81.2 cm³/mol. The Morgan fingerprint density at radius 2 is 2.05 bits per heavy atom. The maximum absolute atomic E-state index is 3.80. The van der Waals surface area contributed by atoms with Crippen LogP contribution < -0.4 is 5.32 Å². The third-order valence-corrected chi connectivity index (χ3v) is 4.60. The summed E-state index contributed by atoms with van der Waals surface area (Å²) in [6.45, 7) is 3.39. The van der Waals surface area contributed by atoms with E-state index in [0.717, 1.165) is 12.5 Å². The van der Waals surface area contributed by atoms with Crippen molar-refractivity contribution < 1.29 is 0 Å². The van der Waals surface area contributed by atoms with Gasteiger partial charge in [-0.25, -0.2) is 0 Å². The second kappa shape index (κ2) is 5.79. The van der Waals surface area contributed by atoms with Crippen LogP contribution in [0, 0.1) is 5.92 Å². The van der Waals surface area contributed by atoms with Gasteiger partial charge in [-0.15, -0.1) is 0 Å². The third-order valence-electron chi connectivity index (χ3n) is 4.60. The van der Waals surface area contributed by atoms with Gasteiger partial charge in [0.2, 0.25) is 0 Å². The van der Waals surface area contributed by atoms with Crippen LogP contribution in [0.25, 0.3) is 10.9 Å². The first-order valence-corrected chi connectivity index (χ1v) is 7.63. The molecule has 1 aromatic carbocycles. The molecule has 0 aliphatic heterocycles. The largest absolute Gasteiger partial charge is 0.361 e. The van der Waals surface area contributed by atoms with Crippen molar-refractivity contribution in [1.82, 2.24) is 10.3 Å². The normalized spacial score (nSPS) is 24.5. The standard InChI is InChI=1S/C17H24N2/c1-13-6-3-2-4-8-16(13)19-12-14-7-5-9-17-15(14)10-11-18-17/h5,7,9-11,13,16,18-19H,2-4,6,8,12H2,1H3. The summed E-state index contributed by atoms with van der Waals surface area (Å²) in [5.41, 5.74) is 2.66. The lowest BCUT2D eigenvalue weighted by molar-refractivity contribution is 0.356. The number of aromatic nitrogens is 1. The van der Waals surface area contributed by atoms with Crippen LogP contribution >= 0.6 is 0 Å². The van der Waals surface area contributed by atoms with Gasteiger partial charge in [0, 0.05) is 29.7 Å². The van der Waals surface area contributed by atoms with Gasteiger partial charge in [0.05, 0.1) is 0 Å². The minimum atomic E-state index is 0.691. The molecule has 1 fully saturated rings. The highest BCUT2D eigenvalue weighted by Gasteiger charge is 2.19. The fraction of sp³-hybridized carbons (Fsp3) is 0.529. The van der Waals surface area contributed by atoms with Gasteiger partial charge in [-0.05, 0) is 36.5 Å². The van der Waals surface area contributed by atoms with E-state index in [4.69, 9.17) is 0 Å². The van der Waals surface area contributed by atoms with Gasteiger partial charge in [-0.1, -0.05) is 38.3 Å². The van der Waals surface area contributed by atoms with E-state index in [2.05, 4.69) is 41.5 Å². The maximum Gasteiger partial charge on any atom is 0.0457 e. The fourth-order valence-electron chi connectivity index (χ4n) is 3.34. The monoisotopic (exact) mass is 256 g/mol. The Labute approximate surface area is 115 Å². The molecule has 19 heavy (non-hydrogen) atoms. The van der Waals surface area contributed by atoms with Crippen molar-refractivity contribution in [2.45, 2.75) is 51.6 Å². The number of benzene rings is 1. The molecule has 102 valence electrons. The van der Waals surface area contributed by atoms with Gasteiger partial charge in [0.25, 0.3) is 0 Å². The number of nitrogens with one attached hydrogen (secondary N) is 2. The molecule has 2 atom stereocenters. The van der Waals surface area contributed by atoms with Crippen LogP contribution in [0.15, 0.2) is 30.5 Å². The Bertz CT molecular complexity index is 529. The van der Waals surface area contributed by atoms with Crippen molar-refractivity contribution in [3.63, 3.8) is 0 Å². The van der Waals surface area contributed by atoms with Crippen molar-refractivity contribution >= 4 is 10.9 Å². The molecule has 1 saturated carbocycles. The molecule has 0 radical (unpaired) electrons. The third kappa shape index (κ3) is 2.84. The van der Waals surface area contributed by atoms with Gasteiger partial charge in [-0.2, -0.15) is 0 Å². The first kappa shape index (κ1) is 12.7. The number of aromatic amines is 1. The van der Waals surface area contributed by atoms with Gasteiger partial charge in [0.15, 0.2) is 0 Å². The molecule has 0 spiro atoms. The maximum atomic E-state index is 3.80. The Kier molecular flexibility index (Phi) is 3.88. The van der Waals surface area contributed by atoms with Crippen LogP contribution in [0.5, 0.6) is 0 Å². The van der Waals surface area contributed by atoms with E-state index in [1.807, 2.05) is 6.20 Å². The summed E-state index contributed by atoms with van der Waals surface area (Å²) < 4.78 is 0. The summed E-state index contributed by atoms with van der Waals surface area (Å²) in [6, 6.07) is 9.41. The van der Waals surface area contributed by atoms with Crippen molar-refractivity contribution in [2.75, 3.05) is 0 Å². The Balaban J connectivity index is 1.69. The zero-order valence-electron chi connectivity index (χ0n) is 11.8. The lowest BCUT2D eigenvalue weighted by atomic mass is 9.96. The van der Waals surface area contributed by atoms with Gasteiger partial charge < -0.3 is 10.3 Å². The van der Waals surface area contributed by atoms with Crippen LogP contribution in [0.4, 0.5) is 0 Å². The Morgan fingerprint density at radius 1 is 1.16 bits per heavy atom. The lowest BCUT2D eigenvalue weighted by Gasteiger charge is -2.23. The lowest BCUT2D eigenvalue weighted by Crippen LogP contribution is -2.33. The van der Waals surface area contributed by atoms with Gasteiger partial charge >= 0.3 is 0 Å². The summed E-state index contributed by atoms with van der Waals surface area (Å²) >= 11 is 0. The zero-order chi connectivity index (χ0) is 13.1. The first-order chi connectivity index (χ1) is 9.34. The molecule has 0 saturated heterocycles. The van der Waals surface area contributed by atoms with Crippen LogP contribution in [0.2, 0.25) is 0 Å². The Morgan fingerprint density at radius 3 is 3.00 bits per heavy atom. The molecule has 2 heteroatoms. The average Bonchev–Trinajstić information content (AvgIpc) is 2.81. The topological polar surface area (TPSA) is 27.8 Å².